The summed E-state index contributed by atoms with van der Waals surface area (Å²) in [6.07, 6.45) is 2.50. The van der Waals surface area contributed by atoms with E-state index in [-0.39, 0.29) is 0 Å². The zero-order chi connectivity index (χ0) is 17.9. The molecule has 1 saturated heterocycles. The maximum atomic E-state index is 4.58. The standard InChI is InChI=1S/C19H25N7/c1-3-25-11-7-10-16(25)12-20-18-17-19(22-14(2)21-18)26(24-23-17)13-15-8-5-4-6-9-15/h4-6,8-9,16H,3,7,10-13H2,1-2H3,(H,20,21,22). The van der Waals surface area contributed by atoms with Gasteiger partial charge in [-0.2, -0.15) is 0 Å². The number of hydrogen-bond acceptors (Lipinski definition) is 6. The molecule has 1 aromatic carbocycles. The van der Waals surface area contributed by atoms with Gasteiger partial charge in [0, 0.05) is 12.6 Å². The van der Waals surface area contributed by atoms with Gasteiger partial charge in [-0.15, -0.1) is 5.10 Å². The number of aryl methyl sites for hydroxylation is 1. The molecule has 3 aromatic rings. The Morgan fingerprint density at radius 3 is 2.85 bits per heavy atom. The van der Waals surface area contributed by atoms with Crippen molar-refractivity contribution in [2.24, 2.45) is 0 Å². The van der Waals surface area contributed by atoms with E-state index < -0.39 is 0 Å². The van der Waals surface area contributed by atoms with Crippen LogP contribution < -0.4 is 5.32 Å². The molecular weight excluding hydrogens is 326 g/mol. The normalized spacial score (nSPS) is 17.8. The molecule has 1 aliphatic heterocycles. The van der Waals surface area contributed by atoms with Crippen molar-refractivity contribution in [3.8, 4) is 0 Å². The van der Waals surface area contributed by atoms with E-state index in [2.05, 4.69) is 49.6 Å². The zero-order valence-corrected chi connectivity index (χ0v) is 15.4. The molecule has 136 valence electrons. The molecule has 26 heavy (non-hydrogen) atoms. The molecule has 1 fully saturated rings. The van der Waals surface area contributed by atoms with Gasteiger partial charge in [-0.3, -0.25) is 4.90 Å². The monoisotopic (exact) mass is 351 g/mol. The number of aromatic nitrogens is 5. The number of rotatable bonds is 6. The van der Waals surface area contributed by atoms with E-state index in [1.807, 2.05) is 29.8 Å². The minimum atomic E-state index is 0.560. The molecule has 1 N–H and O–H groups in total. The smallest absolute Gasteiger partial charge is 0.184 e. The van der Waals surface area contributed by atoms with Gasteiger partial charge in [0.1, 0.15) is 5.82 Å². The van der Waals surface area contributed by atoms with Gasteiger partial charge in [-0.1, -0.05) is 42.5 Å². The highest BCUT2D eigenvalue weighted by Crippen LogP contribution is 2.21. The van der Waals surface area contributed by atoms with Gasteiger partial charge in [0.25, 0.3) is 0 Å². The van der Waals surface area contributed by atoms with Crippen molar-refractivity contribution in [3.05, 3.63) is 41.7 Å². The van der Waals surface area contributed by atoms with Crippen LogP contribution in [0.5, 0.6) is 0 Å². The van der Waals surface area contributed by atoms with E-state index in [9.17, 15) is 0 Å². The van der Waals surface area contributed by atoms with Gasteiger partial charge in [-0.05, 0) is 38.4 Å². The summed E-state index contributed by atoms with van der Waals surface area (Å²) in [5.41, 5.74) is 2.70. The average molecular weight is 351 g/mol. The second-order valence-electron chi connectivity index (χ2n) is 6.83. The van der Waals surface area contributed by atoms with Crippen LogP contribution in [0.4, 0.5) is 5.82 Å². The molecule has 2 aromatic heterocycles. The van der Waals surface area contributed by atoms with Crippen LogP contribution in [-0.4, -0.2) is 55.5 Å². The average Bonchev–Trinajstić information content (AvgIpc) is 3.27. The van der Waals surface area contributed by atoms with Crippen molar-refractivity contribution < 1.29 is 0 Å². The molecule has 0 amide bonds. The number of likely N-dealkylation sites (N-methyl/N-ethyl adjacent to an activating group) is 1. The highest BCUT2D eigenvalue weighted by atomic mass is 15.4. The first-order chi connectivity index (χ1) is 12.7. The lowest BCUT2D eigenvalue weighted by Gasteiger charge is -2.23. The predicted molar refractivity (Wildman–Crippen MR) is 102 cm³/mol. The lowest BCUT2D eigenvalue weighted by atomic mass is 10.2. The number of nitrogens with zero attached hydrogens (tertiary/aromatic N) is 6. The van der Waals surface area contributed by atoms with Gasteiger partial charge in [0.15, 0.2) is 17.0 Å². The molecular formula is C19H25N7. The van der Waals surface area contributed by atoms with Crippen molar-refractivity contribution in [2.75, 3.05) is 25.0 Å². The summed E-state index contributed by atoms with van der Waals surface area (Å²) in [5, 5.41) is 12.2. The second-order valence-corrected chi connectivity index (χ2v) is 6.83. The summed E-state index contributed by atoms with van der Waals surface area (Å²) in [7, 11) is 0. The fraction of sp³-hybridized carbons (Fsp3) is 0.474. The van der Waals surface area contributed by atoms with Crippen LogP contribution in [-0.2, 0) is 6.54 Å². The lowest BCUT2D eigenvalue weighted by Crippen LogP contribution is -2.34. The topological polar surface area (TPSA) is 71.8 Å². The largest absolute Gasteiger partial charge is 0.366 e. The summed E-state index contributed by atoms with van der Waals surface area (Å²) >= 11 is 0. The van der Waals surface area contributed by atoms with E-state index in [0.29, 0.717) is 12.6 Å². The predicted octanol–water partition coefficient (Wildman–Crippen LogP) is 2.47. The van der Waals surface area contributed by atoms with Crippen LogP contribution in [0, 0.1) is 6.92 Å². The number of fused-ring (bicyclic) bond motifs is 1. The molecule has 3 heterocycles. The van der Waals surface area contributed by atoms with Crippen molar-refractivity contribution in [1.29, 1.82) is 0 Å². The first-order valence-corrected chi connectivity index (χ1v) is 9.34. The minimum Gasteiger partial charge on any atom is -0.366 e. The zero-order valence-electron chi connectivity index (χ0n) is 15.4. The fourth-order valence-corrected chi connectivity index (χ4v) is 3.71. The molecule has 7 heteroatoms. The Hall–Kier alpha value is -2.54. The summed E-state index contributed by atoms with van der Waals surface area (Å²) < 4.78 is 1.85. The first-order valence-electron chi connectivity index (χ1n) is 9.34. The molecule has 4 rings (SSSR count). The van der Waals surface area contributed by atoms with Crippen LogP contribution in [0.2, 0.25) is 0 Å². The minimum absolute atomic E-state index is 0.560. The van der Waals surface area contributed by atoms with Gasteiger partial charge < -0.3 is 5.32 Å². The highest BCUT2D eigenvalue weighted by Gasteiger charge is 2.23. The second kappa shape index (κ2) is 7.37. The summed E-state index contributed by atoms with van der Waals surface area (Å²) in [5.74, 6) is 1.52. The van der Waals surface area contributed by atoms with E-state index in [1.165, 1.54) is 24.9 Å². The SMILES string of the molecule is CCN1CCCC1CNc1nc(C)nc2c1nnn2Cc1ccccc1. The molecule has 7 nitrogen and oxygen atoms in total. The highest BCUT2D eigenvalue weighted by molar-refractivity contribution is 5.82. The maximum absolute atomic E-state index is 4.58. The van der Waals surface area contributed by atoms with Crippen LogP contribution in [0.15, 0.2) is 30.3 Å². The van der Waals surface area contributed by atoms with Crippen LogP contribution in [0.3, 0.4) is 0 Å². The Morgan fingerprint density at radius 2 is 2.04 bits per heavy atom. The van der Waals surface area contributed by atoms with Gasteiger partial charge in [-0.25, -0.2) is 14.6 Å². The Kier molecular flexibility index (Phi) is 4.79. The quantitative estimate of drug-likeness (QED) is 0.736. The van der Waals surface area contributed by atoms with Crippen molar-refractivity contribution in [3.63, 3.8) is 0 Å². The van der Waals surface area contributed by atoms with Gasteiger partial charge >= 0.3 is 0 Å². The number of likely N-dealkylation sites (tertiary alicyclic amines) is 1. The molecule has 0 bridgehead atoms. The van der Waals surface area contributed by atoms with Crippen LogP contribution >= 0.6 is 0 Å². The summed E-state index contributed by atoms with van der Waals surface area (Å²) in [6.45, 7) is 7.95. The van der Waals surface area contributed by atoms with E-state index in [0.717, 1.165) is 35.9 Å². The fourth-order valence-electron chi connectivity index (χ4n) is 3.71. The Balaban J connectivity index is 1.57. The molecule has 1 unspecified atom stereocenters. The molecule has 0 aliphatic carbocycles. The molecule has 0 saturated carbocycles. The Labute approximate surface area is 153 Å². The van der Waals surface area contributed by atoms with Crippen molar-refractivity contribution in [2.45, 2.75) is 39.3 Å². The third kappa shape index (κ3) is 3.39. The lowest BCUT2D eigenvalue weighted by molar-refractivity contribution is 0.277. The van der Waals surface area contributed by atoms with E-state index in [1.54, 1.807) is 0 Å². The van der Waals surface area contributed by atoms with Crippen LogP contribution in [0.1, 0.15) is 31.2 Å². The summed E-state index contributed by atoms with van der Waals surface area (Å²) in [4.78, 5) is 11.7. The Bertz CT molecular complexity index is 874. The van der Waals surface area contributed by atoms with Gasteiger partial charge in [0.05, 0.1) is 6.54 Å². The van der Waals surface area contributed by atoms with Gasteiger partial charge in [0.2, 0.25) is 0 Å². The Morgan fingerprint density at radius 1 is 1.19 bits per heavy atom. The van der Waals surface area contributed by atoms with E-state index in [4.69, 9.17) is 0 Å². The van der Waals surface area contributed by atoms with Crippen molar-refractivity contribution in [1.82, 2.24) is 29.9 Å². The summed E-state index contributed by atoms with van der Waals surface area (Å²) in [6, 6.07) is 10.8. The third-order valence-corrected chi connectivity index (χ3v) is 5.06. The molecule has 1 aliphatic rings. The first kappa shape index (κ1) is 16.9. The van der Waals surface area contributed by atoms with Crippen LogP contribution in [0.25, 0.3) is 11.2 Å². The molecule has 0 radical (unpaired) electrons. The number of hydrogen-bond donors (Lipinski definition) is 1. The van der Waals surface area contributed by atoms with Crippen molar-refractivity contribution >= 4 is 17.0 Å². The number of nitrogens with one attached hydrogen (secondary N) is 1. The molecule has 1 atom stereocenters. The molecule has 0 spiro atoms. The maximum Gasteiger partial charge on any atom is 0.184 e. The third-order valence-electron chi connectivity index (χ3n) is 5.06. The number of anilines is 1. The number of benzene rings is 1. The van der Waals surface area contributed by atoms with E-state index >= 15 is 0 Å².